The number of carbonyl (C=O) groups is 1. The number of ketones is 1. The van der Waals surface area contributed by atoms with Crippen molar-refractivity contribution in [2.75, 3.05) is 0 Å². The van der Waals surface area contributed by atoms with E-state index in [-0.39, 0.29) is 34.9 Å². The van der Waals surface area contributed by atoms with Crippen molar-refractivity contribution in [2.24, 2.45) is 0 Å². The summed E-state index contributed by atoms with van der Waals surface area (Å²) in [4.78, 5) is 11.3. The number of hydrogen-bond acceptors (Lipinski definition) is 1. The Hall–Kier alpha value is -2.26. The van der Waals surface area contributed by atoms with Gasteiger partial charge in [0, 0.05) is 31.8 Å². The van der Waals surface area contributed by atoms with Crippen LogP contribution in [0.2, 0.25) is 0 Å². The Morgan fingerprint density at radius 2 is 1.13 bits per heavy atom. The van der Waals surface area contributed by atoms with E-state index in [0.29, 0.717) is 20.9 Å². The molecule has 3 aromatic rings. The summed E-state index contributed by atoms with van der Waals surface area (Å²) in [5, 5.41) is 0. The van der Waals surface area contributed by atoms with Crippen LogP contribution in [0.4, 0.5) is 48.3 Å². The largest absolute Gasteiger partial charge is 0.307 e. The first-order chi connectivity index (χ1) is 20.9. The summed E-state index contributed by atoms with van der Waals surface area (Å²) in [5.41, 5.74) is -1.91. The molecule has 0 saturated carbocycles. The Kier molecular flexibility index (Phi) is 10.6. The Labute approximate surface area is 274 Å². The van der Waals surface area contributed by atoms with E-state index in [9.17, 15) is 53.1 Å². The predicted molar refractivity (Wildman–Crippen MR) is 155 cm³/mol. The van der Waals surface area contributed by atoms with Crippen molar-refractivity contribution in [1.82, 2.24) is 0 Å². The van der Waals surface area contributed by atoms with E-state index in [4.69, 9.17) is 0 Å². The smallest absolute Gasteiger partial charge is 0.294 e. The molecule has 6 rings (SSSR count). The minimum atomic E-state index is -3.95. The summed E-state index contributed by atoms with van der Waals surface area (Å²) in [6, 6.07) is 6.98. The van der Waals surface area contributed by atoms with Crippen LogP contribution in [-0.2, 0) is 24.7 Å². The number of rotatable bonds is 0. The van der Waals surface area contributed by atoms with Crippen molar-refractivity contribution in [3.63, 3.8) is 0 Å². The number of alkyl halides is 6. The highest BCUT2D eigenvalue weighted by molar-refractivity contribution is 9.11. The van der Waals surface area contributed by atoms with E-state index in [0.717, 1.165) is 24.3 Å². The van der Waals surface area contributed by atoms with Crippen molar-refractivity contribution < 1.29 is 53.1 Å². The Bertz CT molecular complexity index is 1690. The normalized spacial score (nSPS) is 21.0. The molecule has 0 aromatic heterocycles. The van der Waals surface area contributed by atoms with Crippen molar-refractivity contribution >= 4 is 59.4 Å². The van der Waals surface area contributed by atoms with Gasteiger partial charge in [-0.1, -0.05) is 47.8 Å². The molecular weight excluding hydrogens is 825 g/mol. The van der Waals surface area contributed by atoms with Crippen LogP contribution in [0, 0.1) is 17.5 Å². The summed E-state index contributed by atoms with van der Waals surface area (Å²) >= 11 is 9.01. The molecule has 0 fully saturated rings. The Morgan fingerprint density at radius 3 is 1.76 bits per heavy atom. The second-order valence-corrected chi connectivity index (χ2v) is 13.0. The minimum absolute atomic E-state index is 0.00866. The molecule has 242 valence electrons. The van der Waals surface area contributed by atoms with Gasteiger partial charge in [-0.2, -0.15) is 17.6 Å². The molecule has 2 atom stereocenters. The first-order valence-corrected chi connectivity index (χ1v) is 15.3. The van der Waals surface area contributed by atoms with Crippen molar-refractivity contribution in [3.8, 4) is 0 Å². The third kappa shape index (κ3) is 7.19. The molecule has 0 spiro atoms. The van der Waals surface area contributed by atoms with Crippen LogP contribution in [0.25, 0.3) is 5.83 Å². The quantitative estimate of drug-likeness (QED) is 0.206. The molecule has 3 aliphatic rings. The third-order valence-corrected chi connectivity index (χ3v) is 8.56. The van der Waals surface area contributed by atoms with Crippen molar-refractivity contribution in [1.29, 1.82) is 0 Å². The van der Waals surface area contributed by atoms with E-state index in [2.05, 4.69) is 47.8 Å². The highest BCUT2D eigenvalue weighted by Crippen LogP contribution is 2.45. The molecule has 0 N–H and O–H groups in total. The first kappa shape index (κ1) is 35.6. The van der Waals surface area contributed by atoms with Gasteiger partial charge in [-0.25, -0.2) is 30.7 Å². The molecule has 15 heteroatoms. The minimum Gasteiger partial charge on any atom is -0.294 e. The van der Waals surface area contributed by atoms with Crippen LogP contribution in [0.5, 0.6) is 0 Å². The second-order valence-electron chi connectivity index (χ2n) is 10.2. The highest BCUT2D eigenvalue weighted by Gasteiger charge is 2.51. The number of benzene rings is 3. The van der Waals surface area contributed by atoms with Gasteiger partial charge < -0.3 is 0 Å². The lowest BCUT2D eigenvalue weighted by atomic mass is 9.86. The number of aryl methyl sites for hydroxylation is 2. The molecule has 0 radical (unpaired) electrons. The topological polar surface area (TPSA) is 17.1 Å². The molecule has 1 nitrogen and oxygen atoms in total. The van der Waals surface area contributed by atoms with Crippen LogP contribution >= 0.6 is 47.8 Å². The fraction of sp³-hybridized carbons (Fsp3) is 0.300. The standard InChI is InChI=1S/C10H5BrF4O.C10H7BrF4.C10H6BrF3/c11-4-1-5-7(16)3-8(13)10(14,15)9(5)6(12)2-4;11-6-3-5-1-2-8(13)10(14,15)9(5)7(12)4-6;11-6-3-5-1-2-7(12)10(14)9(5)8(13)4-6/h1-2,8H,3H2;3-4,8H,1-2H2;3-4H,1-2H2. The first-order valence-electron chi connectivity index (χ1n) is 12.9. The monoisotopic (exact) mass is 840 g/mol. The summed E-state index contributed by atoms with van der Waals surface area (Å²) in [7, 11) is 0. The number of Topliss-reactive ketones (excluding diaryl/α,β-unsaturated/α-hetero) is 1. The van der Waals surface area contributed by atoms with Crippen LogP contribution in [0.3, 0.4) is 0 Å². The molecular formula is C30H18Br3F11O. The number of carbonyl (C=O) groups excluding carboxylic acids is 1. The maximum absolute atomic E-state index is 13.4. The van der Waals surface area contributed by atoms with E-state index in [1.54, 1.807) is 6.07 Å². The maximum atomic E-state index is 13.4. The van der Waals surface area contributed by atoms with Crippen LogP contribution < -0.4 is 0 Å². The average molecular weight is 843 g/mol. The molecule has 0 amide bonds. The number of halogens is 14. The van der Waals surface area contributed by atoms with Gasteiger partial charge >= 0.3 is 11.8 Å². The van der Waals surface area contributed by atoms with Gasteiger partial charge in [0.1, 0.15) is 23.3 Å². The second kappa shape index (κ2) is 13.5. The summed E-state index contributed by atoms with van der Waals surface area (Å²) in [5.74, 6) is -13.4. The third-order valence-electron chi connectivity index (χ3n) is 7.19. The van der Waals surface area contributed by atoms with Crippen molar-refractivity contribution in [2.45, 2.75) is 56.3 Å². The van der Waals surface area contributed by atoms with Gasteiger partial charge in [0.2, 0.25) is 0 Å². The lowest BCUT2D eigenvalue weighted by molar-refractivity contribution is -0.0907. The fourth-order valence-corrected chi connectivity index (χ4v) is 6.45. The van der Waals surface area contributed by atoms with Crippen LogP contribution in [-0.4, -0.2) is 18.1 Å². The highest BCUT2D eigenvalue weighted by atomic mass is 79.9. The van der Waals surface area contributed by atoms with E-state index in [1.807, 2.05) is 0 Å². The van der Waals surface area contributed by atoms with Gasteiger partial charge in [0.25, 0.3) is 0 Å². The number of hydrogen-bond donors (Lipinski definition) is 0. The fourth-order valence-electron chi connectivity index (χ4n) is 5.07. The molecule has 0 bridgehead atoms. The average Bonchev–Trinajstić information content (AvgIpc) is 2.91. The maximum Gasteiger partial charge on any atom is 0.307 e. The predicted octanol–water partition coefficient (Wildman–Crippen LogP) is 11.7. The molecule has 0 aliphatic heterocycles. The molecule has 45 heavy (non-hydrogen) atoms. The zero-order valence-corrected chi connectivity index (χ0v) is 27.1. The molecule has 0 saturated heterocycles. The van der Waals surface area contributed by atoms with Gasteiger partial charge in [-0.15, -0.1) is 0 Å². The zero-order chi connectivity index (χ0) is 33.6. The van der Waals surface area contributed by atoms with E-state index < -0.39 is 82.2 Å². The molecule has 3 aromatic carbocycles. The van der Waals surface area contributed by atoms with E-state index in [1.165, 1.54) is 6.07 Å². The molecule has 2 unspecified atom stereocenters. The number of allylic oxidation sites excluding steroid dienone is 1. The van der Waals surface area contributed by atoms with Crippen LogP contribution in [0.15, 0.2) is 55.6 Å². The Morgan fingerprint density at radius 1 is 0.622 bits per heavy atom. The number of fused-ring (bicyclic) bond motifs is 3. The molecule has 3 aliphatic carbocycles. The Balaban J connectivity index is 0.000000154. The lowest BCUT2D eigenvalue weighted by Gasteiger charge is -2.28. The SMILES string of the molecule is FC1=C(F)c2c(F)cc(Br)cc2CC1.Fc1cc(Br)cc2c1C(F)(F)C(F)CC2.O=C1CC(F)C(F)(F)c2c(F)cc(Br)cc21. The van der Waals surface area contributed by atoms with Crippen molar-refractivity contribution in [3.05, 3.63) is 106 Å². The van der Waals surface area contributed by atoms with Gasteiger partial charge in [-0.3, -0.25) is 4.79 Å². The van der Waals surface area contributed by atoms with Gasteiger partial charge in [-0.05, 0) is 66.8 Å². The lowest BCUT2D eigenvalue weighted by Crippen LogP contribution is -2.37. The summed E-state index contributed by atoms with van der Waals surface area (Å²) < 4.78 is 147. The zero-order valence-electron chi connectivity index (χ0n) is 22.4. The van der Waals surface area contributed by atoms with E-state index >= 15 is 0 Å². The van der Waals surface area contributed by atoms with Gasteiger partial charge in [0.05, 0.1) is 16.7 Å². The molecule has 0 heterocycles. The summed E-state index contributed by atoms with van der Waals surface area (Å²) in [6.07, 6.45) is -5.66. The van der Waals surface area contributed by atoms with Gasteiger partial charge in [0.15, 0.2) is 24.0 Å². The van der Waals surface area contributed by atoms with Crippen LogP contribution in [0.1, 0.15) is 57.4 Å². The summed E-state index contributed by atoms with van der Waals surface area (Å²) in [6.45, 7) is 0.